The molecule has 6 atom stereocenters. The van der Waals surface area contributed by atoms with Crippen molar-refractivity contribution >= 4 is 23.4 Å². The normalized spacial score (nSPS) is 23.4. The highest BCUT2D eigenvalue weighted by atomic mass is 32.2. The highest BCUT2D eigenvalue weighted by Gasteiger charge is 2.65. The Kier molecular flexibility index (Phi) is 16.2. The molecule has 12 nitrogen and oxygen atoms in total. The number of aliphatic hydroxyl groups excluding tert-OH is 3. The number of hydrogen-bond donors (Lipinski definition) is 3. The number of hydrogen-bond acceptors (Lipinski definition) is 12. The first kappa shape index (κ1) is 44.9. The van der Waals surface area contributed by atoms with Crippen LogP contribution in [0.1, 0.15) is 72.3 Å². The molecule has 320 valence electrons. The summed E-state index contributed by atoms with van der Waals surface area (Å²) < 4.78 is 26.6. The van der Waals surface area contributed by atoms with E-state index in [1.807, 2.05) is 42.7 Å². The first-order valence-electron chi connectivity index (χ1n) is 20.8. The summed E-state index contributed by atoms with van der Waals surface area (Å²) >= 11 is 1.66. The Balaban J connectivity index is 1.57. The summed E-state index contributed by atoms with van der Waals surface area (Å²) in [5.41, 5.74) is 3.32. The van der Waals surface area contributed by atoms with Gasteiger partial charge in [0.15, 0.2) is 0 Å². The quantitative estimate of drug-likeness (QED) is 0.0398. The minimum absolute atomic E-state index is 0.0348. The Morgan fingerprint density at radius 1 is 1.00 bits per heavy atom. The third kappa shape index (κ3) is 9.92. The van der Waals surface area contributed by atoms with Crippen LogP contribution in [0.15, 0.2) is 101 Å². The third-order valence-electron chi connectivity index (χ3n) is 11.8. The molecule has 0 saturated heterocycles. The van der Waals surface area contributed by atoms with E-state index in [-0.39, 0.29) is 76.3 Å². The van der Waals surface area contributed by atoms with Gasteiger partial charge in [0, 0.05) is 48.1 Å². The van der Waals surface area contributed by atoms with Crippen LogP contribution in [0.5, 0.6) is 17.2 Å². The smallest absolute Gasteiger partial charge is 0.254 e. The van der Waals surface area contributed by atoms with Crippen LogP contribution >= 0.6 is 11.8 Å². The molecular formula is C47H57N3O9S. The van der Waals surface area contributed by atoms with Crippen LogP contribution in [0.3, 0.4) is 0 Å². The molecule has 6 rings (SSSR count). The molecule has 1 aliphatic heterocycles. The number of nitrogens with zero attached hydrogens (tertiary/aromatic N) is 3. The van der Waals surface area contributed by atoms with Crippen molar-refractivity contribution in [1.29, 1.82) is 5.26 Å². The number of thioether (sulfide) groups is 1. The molecule has 2 aliphatic carbocycles. The van der Waals surface area contributed by atoms with Crippen LogP contribution in [0, 0.1) is 29.1 Å². The molecule has 1 saturated carbocycles. The SMILES string of the molecule is C=CCO[C@@]12Oc3ccc(Oc4ccc(SC)cc4)cc3[C@H]3[C@H](CCCCO)[C@@H](CCCCO)C=C(C(=NOC)C[C@@H]1N(CCOCCO)C(=O)c1ccc(C#N)cc1)[C@H]32. The Labute approximate surface area is 357 Å². The summed E-state index contributed by atoms with van der Waals surface area (Å²) in [6, 6.07) is 21.7. The summed E-state index contributed by atoms with van der Waals surface area (Å²) in [7, 11) is 1.51. The molecule has 0 bridgehead atoms. The lowest BCUT2D eigenvalue weighted by atomic mass is 9.55. The fourth-order valence-electron chi connectivity index (χ4n) is 9.18. The maximum Gasteiger partial charge on any atom is 0.254 e. The van der Waals surface area contributed by atoms with Gasteiger partial charge in [0.1, 0.15) is 30.4 Å². The van der Waals surface area contributed by atoms with E-state index in [0.29, 0.717) is 46.9 Å². The van der Waals surface area contributed by atoms with Gasteiger partial charge in [-0.05, 0) is 116 Å². The van der Waals surface area contributed by atoms with Gasteiger partial charge >= 0.3 is 0 Å². The number of ether oxygens (including phenoxy) is 4. The zero-order valence-electron chi connectivity index (χ0n) is 34.5. The average molecular weight is 840 g/mol. The summed E-state index contributed by atoms with van der Waals surface area (Å²) in [4.78, 5) is 23.3. The molecule has 0 unspecified atom stereocenters. The van der Waals surface area contributed by atoms with E-state index in [9.17, 15) is 25.4 Å². The molecular weight excluding hydrogens is 783 g/mol. The van der Waals surface area contributed by atoms with E-state index in [1.54, 1.807) is 47.0 Å². The van der Waals surface area contributed by atoms with Gasteiger partial charge in [0.05, 0.1) is 49.7 Å². The number of fused-ring (bicyclic) bond motifs is 2. The summed E-state index contributed by atoms with van der Waals surface area (Å²) in [5, 5.41) is 43.5. The predicted octanol–water partition coefficient (Wildman–Crippen LogP) is 7.49. The molecule has 0 spiro atoms. The van der Waals surface area contributed by atoms with Gasteiger partial charge in [0.2, 0.25) is 5.79 Å². The number of unbranched alkanes of at least 4 members (excludes halogenated alkanes) is 2. The van der Waals surface area contributed by atoms with Crippen LogP contribution < -0.4 is 9.47 Å². The van der Waals surface area contributed by atoms with Crippen LogP contribution in [0.4, 0.5) is 0 Å². The first-order chi connectivity index (χ1) is 29.4. The van der Waals surface area contributed by atoms with E-state index in [4.69, 9.17) is 23.8 Å². The van der Waals surface area contributed by atoms with Crippen LogP contribution in [0.25, 0.3) is 0 Å². The highest BCUT2D eigenvalue weighted by molar-refractivity contribution is 7.98. The Morgan fingerprint density at radius 2 is 1.73 bits per heavy atom. The van der Waals surface area contributed by atoms with Gasteiger partial charge in [-0.2, -0.15) is 5.26 Å². The molecule has 3 aromatic rings. The van der Waals surface area contributed by atoms with Crippen LogP contribution in [-0.2, 0) is 14.3 Å². The lowest BCUT2D eigenvalue weighted by Gasteiger charge is -2.60. The number of nitriles is 1. The standard InChI is InChI=1S/C47H57N3O9S/c1-4-25-57-47-43(50(21-26-56-27-24-53)46(54)33-13-11-32(31-48)12-14-33)30-41(49-55-2)39-28-34(9-5-7-22-51)38(10-6-8-23-52)44(45(39)47)40-29-36(17-20-42(40)59-47)58-35-15-18-37(60-3)19-16-35/h4,11-20,28-29,34,38,43-45,51-53H,1,5-10,21-27,30H2,2-3H3/t34-,38+,43-,44+,45+,47+/m0/s1. The molecule has 3 aromatic carbocycles. The van der Waals surface area contributed by atoms with E-state index in [2.05, 4.69) is 29.9 Å². The first-order valence-corrected chi connectivity index (χ1v) is 22.0. The van der Waals surface area contributed by atoms with Crippen molar-refractivity contribution in [2.24, 2.45) is 22.9 Å². The second-order valence-corrected chi connectivity index (χ2v) is 16.1. The monoisotopic (exact) mass is 839 g/mol. The van der Waals surface area contributed by atoms with Crippen molar-refractivity contribution < 1.29 is 43.9 Å². The second-order valence-electron chi connectivity index (χ2n) is 15.3. The van der Waals surface area contributed by atoms with Gasteiger partial charge in [-0.25, -0.2) is 0 Å². The van der Waals surface area contributed by atoms with Crippen molar-refractivity contribution in [3.8, 4) is 23.3 Å². The fourth-order valence-corrected chi connectivity index (χ4v) is 9.59. The average Bonchev–Trinajstić information content (AvgIpc) is 3.27. The van der Waals surface area contributed by atoms with Gasteiger partial charge in [0.25, 0.3) is 5.91 Å². The zero-order chi connectivity index (χ0) is 42.5. The summed E-state index contributed by atoms with van der Waals surface area (Å²) in [6.45, 7) is 4.47. The number of benzene rings is 3. The molecule has 3 N–H and O–H groups in total. The van der Waals surface area contributed by atoms with Crippen molar-refractivity contribution in [2.75, 3.05) is 59.6 Å². The molecule has 3 aliphatic rings. The Morgan fingerprint density at radius 3 is 2.40 bits per heavy atom. The maximum atomic E-state index is 14.9. The van der Waals surface area contributed by atoms with Crippen molar-refractivity contribution in [2.45, 2.75) is 67.6 Å². The van der Waals surface area contributed by atoms with E-state index in [1.165, 1.54) is 7.11 Å². The van der Waals surface area contributed by atoms with Gasteiger partial charge in [-0.3, -0.25) is 4.79 Å². The van der Waals surface area contributed by atoms with Gasteiger partial charge in [-0.1, -0.05) is 30.1 Å². The predicted molar refractivity (Wildman–Crippen MR) is 230 cm³/mol. The number of carbonyl (C=O) groups excluding carboxylic acids is 1. The molecule has 0 radical (unpaired) electrons. The summed E-state index contributed by atoms with van der Waals surface area (Å²) in [5.74, 6) is -0.468. The third-order valence-corrected chi connectivity index (χ3v) is 12.5. The lowest BCUT2D eigenvalue weighted by Crippen LogP contribution is -2.70. The fraction of sp³-hybridized carbons (Fsp3) is 0.468. The molecule has 60 heavy (non-hydrogen) atoms. The number of allylic oxidation sites excluding steroid dienone is 1. The van der Waals surface area contributed by atoms with Crippen molar-refractivity contribution in [1.82, 2.24) is 4.90 Å². The van der Waals surface area contributed by atoms with E-state index < -0.39 is 17.7 Å². The second kappa shape index (κ2) is 21.7. The Hall–Kier alpha value is -4.68. The van der Waals surface area contributed by atoms with Crippen molar-refractivity contribution in [3.05, 3.63) is 108 Å². The number of amides is 1. The van der Waals surface area contributed by atoms with E-state index >= 15 is 0 Å². The van der Waals surface area contributed by atoms with Gasteiger partial charge in [-0.15, -0.1) is 18.3 Å². The number of carbonyl (C=O) groups is 1. The minimum Gasteiger partial charge on any atom is -0.459 e. The van der Waals surface area contributed by atoms with Gasteiger partial charge < -0.3 is 44.0 Å². The topological polar surface area (TPSA) is 163 Å². The van der Waals surface area contributed by atoms with Crippen LogP contribution in [0.2, 0.25) is 0 Å². The Bertz CT molecular complexity index is 2000. The van der Waals surface area contributed by atoms with E-state index in [0.717, 1.165) is 41.7 Å². The number of aliphatic hydroxyl groups is 3. The van der Waals surface area contributed by atoms with Crippen LogP contribution in [-0.4, -0.2) is 103 Å². The highest BCUT2D eigenvalue weighted by Crippen LogP contribution is 2.62. The lowest BCUT2D eigenvalue weighted by molar-refractivity contribution is -0.254. The molecule has 0 aromatic heterocycles. The molecule has 1 amide bonds. The molecule has 13 heteroatoms. The minimum atomic E-state index is -1.47. The molecule has 1 heterocycles. The maximum absolute atomic E-state index is 14.9. The number of oxime groups is 1. The zero-order valence-corrected chi connectivity index (χ0v) is 35.4. The molecule has 1 fully saturated rings. The van der Waals surface area contributed by atoms with Crippen molar-refractivity contribution in [3.63, 3.8) is 0 Å². The number of rotatable bonds is 22. The summed E-state index contributed by atoms with van der Waals surface area (Å²) in [6.07, 6.45) is 10.7. The largest absolute Gasteiger partial charge is 0.459 e.